The molecule has 0 amide bonds. The summed E-state index contributed by atoms with van der Waals surface area (Å²) in [4.78, 5) is 4.40. The van der Waals surface area contributed by atoms with E-state index in [1.54, 1.807) is 0 Å². The molecule has 1 aliphatic heterocycles. The van der Waals surface area contributed by atoms with E-state index in [4.69, 9.17) is 4.74 Å². The minimum atomic E-state index is -0.423. The first-order valence-electron chi connectivity index (χ1n) is 7.69. The molecule has 0 saturated carbocycles. The Bertz CT molecular complexity index is 594. The molecule has 2 heterocycles. The fourth-order valence-electron chi connectivity index (χ4n) is 3.07. The van der Waals surface area contributed by atoms with E-state index in [1.807, 2.05) is 30.6 Å². The number of aliphatic hydroxyl groups excluding tert-OH is 1. The van der Waals surface area contributed by atoms with Crippen LogP contribution in [0.25, 0.3) is 0 Å². The zero-order chi connectivity index (χ0) is 14.7. The van der Waals surface area contributed by atoms with E-state index in [-0.39, 0.29) is 5.92 Å². The quantitative estimate of drug-likeness (QED) is 0.919. The molecule has 1 aromatic heterocycles. The SMILES string of the molecule is CCCn1ccnc1CC(O)C1CCOc2ccccc21. The van der Waals surface area contributed by atoms with Gasteiger partial charge in [0.05, 0.1) is 12.7 Å². The maximum absolute atomic E-state index is 10.7. The number of aromatic nitrogens is 2. The van der Waals surface area contributed by atoms with E-state index < -0.39 is 6.10 Å². The van der Waals surface area contributed by atoms with E-state index in [9.17, 15) is 5.11 Å². The Kier molecular flexibility index (Phi) is 4.25. The maximum Gasteiger partial charge on any atom is 0.122 e. The average Bonchev–Trinajstić information content (AvgIpc) is 2.94. The van der Waals surface area contributed by atoms with Gasteiger partial charge in [-0.05, 0) is 24.5 Å². The molecular formula is C17H22N2O2. The highest BCUT2D eigenvalue weighted by Gasteiger charge is 2.28. The third-order valence-electron chi connectivity index (χ3n) is 4.13. The number of aliphatic hydroxyl groups is 1. The van der Waals surface area contributed by atoms with Gasteiger partial charge < -0.3 is 14.4 Å². The third kappa shape index (κ3) is 2.95. The lowest BCUT2D eigenvalue weighted by molar-refractivity contribution is 0.114. The van der Waals surface area contributed by atoms with Crippen molar-refractivity contribution in [1.29, 1.82) is 0 Å². The van der Waals surface area contributed by atoms with E-state index in [0.29, 0.717) is 13.0 Å². The number of para-hydroxylation sites is 1. The number of nitrogens with zero attached hydrogens (tertiary/aromatic N) is 2. The second-order valence-electron chi connectivity index (χ2n) is 5.59. The normalized spacial score (nSPS) is 18.9. The predicted molar refractivity (Wildman–Crippen MR) is 81.5 cm³/mol. The second kappa shape index (κ2) is 6.31. The van der Waals surface area contributed by atoms with Crippen molar-refractivity contribution in [1.82, 2.24) is 9.55 Å². The lowest BCUT2D eigenvalue weighted by atomic mass is 9.87. The number of ether oxygens (including phenoxy) is 1. The number of aryl methyl sites for hydroxylation is 1. The van der Waals surface area contributed by atoms with Gasteiger partial charge in [-0.3, -0.25) is 0 Å². The van der Waals surface area contributed by atoms with Crippen molar-refractivity contribution >= 4 is 0 Å². The van der Waals surface area contributed by atoms with Gasteiger partial charge in [-0.2, -0.15) is 0 Å². The second-order valence-corrected chi connectivity index (χ2v) is 5.59. The van der Waals surface area contributed by atoms with Gasteiger partial charge in [-0.15, -0.1) is 0 Å². The molecule has 0 fully saturated rings. The summed E-state index contributed by atoms with van der Waals surface area (Å²) in [5, 5.41) is 10.7. The molecule has 1 aromatic carbocycles. The van der Waals surface area contributed by atoms with Gasteiger partial charge in [-0.1, -0.05) is 25.1 Å². The zero-order valence-electron chi connectivity index (χ0n) is 12.4. The molecule has 3 rings (SSSR count). The van der Waals surface area contributed by atoms with Crippen LogP contribution < -0.4 is 4.74 Å². The summed E-state index contributed by atoms with van der Waals surface area (Å²) in [7, 11) is 0. The summed E-state index contributed by atoms with van der Waals surface area (Å²) in [5.41, 5.74) is 1.12. The van der Waals surface area contributed by atoms with Crippen LogP contribution >= 0.6 is 0 Å². The van der Waals surface area contributed by atoms with Crippen LogP contribution in [-0.2, 0) is 13.0 Å². The van der Waals surface area contributed by atoms with Crippen molar-refractivity contribution < 1.29 is 9.84 Å². The highest BCUT2D eigenvalue weighted by atomic mass is 16.5. The van der Waals surface area contributed by atoms with Gasteiger partial charge in [0.15, 0.2) is 0 Å². The lowest BCUT2D eigenvalue weighted by Gasteiger charge is -2.29. The van der Waals surface area contributed by atoms with Crippen LogP contribution in [0.15, 0.2) is 36.7 Å². The Morgan fingerprint density at radius 1 is 1.43 bits per heavy atom. The molecule has 112 valence electrons. The van der Waals surface area contributed by atoms with Crippen molar-refractivity contribution in [3.63, 3.8) is 0 Å². The van der Waals surface area contributed by atoms with Crippen molar-refractivity contribution in [2.45, 2.75) is 44.8 Å². The van der Waals surface area contributed by atoms with E-state index in [2.05, 4.69) is 22.5 Å². The smallest absolute Gasteiger partial charge is 0.122 e. The molecular weight excluding hydrogens is 264 g/mol. The highest BCUT2D eigenvalue weighted by Crippen LogP contribution is 2.36. The Labute approximate surface area is 125 Å². The molecule has 4 nitrogen and oxygen atoms in total. The minimum absolute atomic E-state index is 0.127. The molecule has 0 radical (unpaired) electrons. The summed E-state index contributed by atoms with van der Waals surface area (Å²) < 4.78 is 7.80. The van der Waals surface area contributed by atoms with Gasteiger partial charge in [-0.25, -0.2) is 4.98 Å². The monoisotopic (exact) mass is 286 g/mol. The van der Waals surface area contributed by atoms with Gasteiger partial charge in [0.1, 0.15) is 11.6 Å². The van der Waals surface area contributed by atoms with E-state index in [1.165, 1.54) is 0 Å². The number of imidazole rings is 1. The molecule has 1 N–H and O–H groups in total. The summed E-state index contributed by atoms with van der Waals surface area (Å²) in [6, 6.07) is 8.01. The van der Waals surface area contributed by atoms with Crippen LogP contribution in [0.1, 0.15) is 37.1 Å². The first-order valence-corrected chi connectivity index (χ1v) is 7.69. The number of benzene rings is 1. The van der Waals surface area contributed by atoms with Crippen LogP contribution in [0, 0.1) is 0 Å². The molecule has 2 atom stereocenters. The van der Waals surface area contributed by atoms with Crippen LogP contribution in [0.5, 0.6) is 5.75 Å². The van der Waals surface area contributed by atoms with Crippen LogP contribution in [0.4, 0.5) is 0 Å². The Morgan fingerprint density at radius 2 is 2.29 bits per heavy atom. The van der Waals surface area contributed by atoms with Gasteiger partial charge >= 0.3 is 0 Å². The average molecular weight is 286 g/mol. The standard InChI is InChI=1S/C17H22N2O2/c1-2-9-19-10-8-18-17(19)12-15(20)13-7-11-21-16-6-4-3-5-14(13)16/h3-6,8,10,13,15,20H,2,7,9,11-12H2,1H3. The highest BCUT2D eigenvalue weighted by molar-refractivity contribution is 5.38. The number of rotatable bonds is 5. The summed E-state index contributed by atoms with van der Waals surface area (Å²) in [5.74, 6) is 2.00. The van der Waals surface area contributed by atoms with Gasteiger partial charge in [0, 0.05) is 31.3 Å². The number of hydrogen-bond acceptors (Lipinski definition) is 3. The van der Waals surface area contributed by atoms with Crippen LogP contribution in [0.2, 0.25) is 0 Å². The fourth-order valence-corrected chi connectivity index (χ4v) is 3.07. The largest absolute Gasteiger partial charge is 0.493 e. The van der Waals surface area contributed by atoms with Crippen LogP contribution in [0.3, 0.4) is 0 Å². The molecule has 1 aliphatic rings. The molecule has 4 heteroatoms. The molecule has 0 bridgehead atoms. The zero-order valence-corrected chi connectivity index (χ0v) is 12.4. The first kappa shape index (κ1) is 14.1. The van der Waals surface area contributed by atoms with E-state index in [0.717, 1.165) is 36.5 Å². The molecule has 21 heavy (non-hydrogen) atoms. The van der Waals surface area contributed by atoms with Crippen molar-refractivity contribution in [3.8, 4) is 5.75 Å². The Morgan fingerprint density at radius 3 is 3.14 bits per heavy atom. The predicted octanol–water partition coefficient (Wildman–Crippen LogP) is 2.76. The van der Waals surface area contributed by atoms with Crippen molar-refractivity contribution in [3.05, 3.63) is 48.0 Å². The van der Waals surface area contributed by atoms with E-state index >= 15 is 0 Å². The summed E-state index contributed by atoms with van der Waals surface area (Å²) >= 11 is 0. The lowest BCUT2D eigenvalue weighted by Crippen LogP contribution is -2.27. The molecule has 2 aromatic rings. The third-order valence-corrected chi connectivity index (χ3v) is 4.13. The minimum Gasteiger partial charge on any atom is -0.493 e. The molecule has 0 saturated heterocycles. The summed E-state index contributed by atoms with van der Waals surface area (Å²) in [6.45, 7) is 3.77. The number of fused-ring (bicyclic) bond motifs is 1. The topological polar surface area (TPSA) is 47.3 Å². The van der Waals surface area contributed by atoms with Gasteiger partial charge in [0.25, 0.3) is 0 Å². The van der Waals surface area contributed by atoms with Crippen molar-refractivity contribution in [2.75, 3.05) is 6.61 Å². The number of hydrogen-bond donors (Lipinski definition) is 1. The maximum atomic E-state index is 10.7. The molecule has 0 aliphatic carbocycles. The Hall–Kier alpha value is -1.81. The first-order chi connectivity index (χ1) is 10.3. The van der Waals surface area contributed by atoms with Gasteiger partial charge in [0.2, 0.25) is 0 Å². The Balaban J connectivity index is 1.77. The molecule has 0 spiro atoms. The fraction of sp³-hybridized carbons (Fsp3) is 0.471. The van der Waals surface area contributed by atoms with Crippen LogP contribution in [-0.4, -0.2) is 27.4 Å². The van der Waals surface area contributed by atoms with Crippen molar-refractivity contribution in [2.24, 2.45) is 0 Å². The summed E-state index contributed by atoms with van der Waals surface area (Å²) in [6.07, 6.45) is 5.89. The molecule has 2 unspecified atom stereocenters.